The van der Waals surface area contributed by atoms with Gasteiger partial charge >= 0.3 is 6.03 Å². The Morgan fingerprint density at radius 2 is 1.95 bits per heavy atom. The smallest absolute Gasteiger partial charge is 0.321 e. The zero-order valence-corrected chi connectivity index (χ0v) is 13.4. The number of urea groups is 1. The number of nitrogens with zero attached hydrogens (tertiary/aromatic N) is 1. The summed E-state index contributed by atoms with van der Waals surface area (Å²) in [5.74, 6) is 0.617. The van der Waals surface area contributed by atoms with Gasteiger partial charge in [-0.2, -0.15) is 0 Å². The fourth-order valence-electron chi connectivity index (χ4n) is 2.02. The minimum atomic E-state index is -0.200. The van der Waals surface area contributed by atoms with Gasteiger partial charge in [0.1, 0.15) is 5.75 Å². The zero-order valence-electron chi connectivity index (χ0n) is 12.7. The molecule has 1 N–H and O–H groups in total. The van der Waals surface area contributed by atoms with Gasteiger partial charge in [-0.1, -0.05) is 41.9 Å². The van der Waals surface area contributed by atoms with Crippen molar-refractivity contribution in [2.45, 2.75) is 6.42 Å². The van der Waals surface area contributed by atoms with E-state index in [1.807, 2.05) is 18.2 Å². The van der Waals surface area contributed by atoms with E-state index >= 15 is 0 Å². The molecule has 4 nitrogen and oxygen atoms in total. The summed E-state index contributed by atoms with van der Waals surface area (Å²) in [6.45, 7) is 0.550. The minimum Gasteiger partial charge on any atom is -0.492 e. The summed E-state index contributed by atoms with van der Waals surface area (Å²) in [5.41, 5.74) is 1.93. The number of nitrogens with one attached hydrogen (secondary N) is 1. The lowest BCUT2D eigenvalue weighted by Crippen LogP contribution is -2.34. The van der Waals surface area contributed by atoms with Gasteiger partial charge in [0, 0.05) is 26.2 Å². The van der Waals surface area contributed by atoms with Crippen molar-refractivity contribution in [3.63, 3.8) is 0 Å². The van der Waals surface area contributed by atoms with Gasteiger partial charge in [0.15, 0.2) is 0 Å². The maximum atomic E-state index is 11.6. The Kier molecular flexibility index (Phi) is 5.67. The maximum Gasteiger partial charge on any atom is 0.321 e. The summed E-state index contributed by atoms with van der Waals surface area (Å²) in [7, 11) is 3.27. The van der Waals surface area contributed by atoms with Crippen molar-refractivity contribution in [2.75, 3.05) is 25.6 Å². The summed E-state index contributed by atoms with van der Waals surface area (Å²) in [5, 5.41) is 3.05. The molecular weight excluding hydrogens is 300 g/mol. The van der Waals surface area contributed by atoms with Crippen molar-refractivity contribution in [3.8, 4) is 5.75 Å². The molecule has 116 valence electrons. The highest BCUT2D eigenvalue weighted by Gasteiger charge is 2.11. The molecule has 5 heteroatoms. The Balaban J connectivity index is 1.96. The van der Waals surface area contributed by atoms with Crippen molar-refractivity contribution < 1.29 is 9.53 Å². The predicted octanol–water partition coefficient (Wildman–Crippen LogP) is 3.74. The molecule has 2 amide bonds. The zero-order chi connectivity index (χ0) is 15.9. The standard InChI is InChI=1S/C17H19ClN2O2/c1-19-17(21)20(2)14-8-9-16(15(18)12-14)22-11-10-13-6-4-3-5-7-13/h3-9,12H,10-11H2,1-2H3,(H,19,21). The summed E-state index contributed by atoms with van der Waals surface area (Å²) >= 11 is 6.22. The highest BCUT2D eigenvalue weighted by atomic mass is 35.5. The van der Waals surface area contributed by atoms with Crippen LogP contribution in [0.2, 0.25) is 5.02 Å². The molecule has 0 aromatic heterocycles. The molecule has 0 aliphatic carbocycles. The third-order valence-corrected chi connectivity index (χ3v) is 3.61. The van der Waals surface area contributed by atoms with Crippen molar-refractivity contribution in [1.82, 2.24) is 5.32 Å². The molecule has 0 aliphatic heterocycles. The van der Waals surface area contributed by atoms with E-state index in [2.05, 4.69) is 17.4 Å². The number of anilines is 1. The quantitative estimate of drug-likeness (QED) is 0.912. The maximum absolute atomic E-state index is 11.6. The van der Waals surface area contributed by atoms with Gasteiger partial charge in [-0.3, -0.25) is 4.90 Å². The number of amides is 2. The average molecular weight is 319 g/mol. The third-order valence-electron chi connectivity index (χ3n) is 3.31. The van der Waals surface area contributed by atoms with Gasteiger partial charge < -0.3 is 10.1 Å². The number of rotatable bonds is 5. The Bertz CT molecular complexity index is 632. The van der Waals surface area contributed by atoms with Crippen LogP contribution in [0.1, 0.15) is 5.56 Å². The lowest BCUT2D eigenvalue weighted by atomic mass is 10.2. The van der Waals surface area contributed by atoms with Crippen LogP contribution in [-0.2, 0) is 6.42 Å². The SMILES string of the molecule is CNC(=O)N(C)c1ccc(OCCc2ccccc2)c(Cl)c1. The first-order valence-electron chi connectivity index (χ1n) is 7.03. The molecular formula is C17H19ClN2O2. The van der Waals surface area contributed by atoms with Gasteiger partial charge in [-0.15, -0.1) is 0 Å². The van der Waals surface area contributed by atoms with Gasteiger partial charge in [-0.25, -0.2) is 4.79 Å². The van der Waals surface area contributed by atoms with Crippen LogP contribution in [-0.4, -0.2) is 26.7 Å². The van der Waals surface area contributed by atoms with Crippen LogP contribution in [0.25, 0.3) is 0 Å². The van der Waals surface area contributed by atoms with E-state index in [0.29, 0.717) is 23.1 Å². The fraction of sp³-hybridized carbons (Fsp3) is 0.235. The first kappa shape index (κ1) is 16.2. The lowest BCUT2D eigenvalue weighted by Gasteiger charge is -2.18. The molecule has 0 aliphatic rings. The van der Waals surface area contributed by atoms with E-state index in [1.54, 1.807) is 32.3 Å². The molecule has 0 fully saturated rings. The second-order valence-corrected chi connectivity index (χ2v) is 5.22. The highest BCUT2D eigenvalue weighted by molar-refractivity contribution is 6.32. The summed E-state index contributed by atoms with van der Waals surface area (Å²) < 4.78 is 5.71. The normalized spacial score (nSPS) is 10.1. The molecule has 22 heavy (non-hydrogen) atoms. The minimum absolute atomic E-state index is 0.200. The molecule has 0 atom stereocenters. The van der Waals surface area contributed by atoms with Crippen molar-refractivity contribution in [3.05, 3.63) is 59.1 Å². The van der Waals surface area contributed by atoms with E-state index in [9.17, 15) is 4.79 Å². The van der Waals surface area contributed by atoms with Crippen LogP contribution in [0.4, 0.5) is 10.5 Å². The average Bonchev–Trinajstić information content (AvgIpc) is 2.55. The fourth-order valence-corrected chi connectivity index (χ4v) is 2.25. The van der Waals surface area contributed by atoms with E-state index < -0.39 is 0 Å². The number of hydrogen-bond donors (Lipinski definition) is 1. The lowest BCUT2D eigenvalue weighted by molar-refractivity contribution is 0.249. The van der Waals surface area contributed by atoms with Crippen molar-refractivity contribution in [1.29, 1.82) is 0 Å². The number of benzene rings is 2. The summed E-state index contributed by atoms with van der Waals surface area (Å²) in [4.78, 5) is 13.1. The predicted molar refractivity (Wildman–Crippen MR) is 90.0 cm³/mol. The molecule has 2 aromatic rings. The summed E-state index contributed by atoms with van der Waals surface area (Å²) in [6.07, 6.45) is 0.817. The molecule has 0 spiro atoms. The molecule has 0 radical (unpaired) electrons. The first-order valence-corrected chi connectivity index (χ1v) is 7.41. The van der Waals surface area contributed by atoms with E-state index in [1.165, 1.54) is 10.5 Å². The Morgan fingerprint density at radius 3 is 2.59 bits per heavy atom. The third kappa shape index (κ3) is 4.15. The Hall–Kier alpha value is -2.20. The number of halogens is 1. The van der Waals surface area contributed by atoms with E-state index in [0.717, 1.165) is 6.42 Å². The number of carbonyl (C=O) groups is 1. The Morgan fingerprint density at radius 1 is 1.23 bits per heavy atom. The van der Waals surface area contributed by atoms with E-state index in [4.69, 9.17) is 16.3 Å². The number of ether oxygens (including phenoxy) is 1. The highest BCUT2D eigenvalue weighted by Crippen LogP contribution is 2.29. The largest absolute Gasteiger partial charge is 0.492 e. The molecule has 0 saturated heterocycles. The first-order chi connectivity index (χ1) is 10.6. The molecule has 2 aromatic carbocycles. The van der Waals surface area contributed by atoms with Crippen LogP contribution in [0.5, 0.6) is 5.75 Å². The molecule has 0 saturated carbocycles. The second-order valence-electron chi connectivity index (χ2n) is 4.81. The van der Waals surface area contributed by atoms with Crippen molar-refractivity contribution >= 4 is 23.3 Å². The molecule has 0 bridgehead atoms. The second kappa shape index (κ2) is 7.71. The van der Waals surface area contributed by atoms with Crippen LogP contribution < -0.4 is 15.0 Å². The van der Waals surface area contributed by atoms with E-state index in [-0.39, 0.29) is 6.03 Å². The molecule has 0 heterocycles. The number of carbonyl (C=O) groups excluding carboxylic acids is 1. The van der Waals surface area contributed by atoms with Crippen LogP contribution in [0.3, 0.4) is 0 Å². The van der Waals surface area contributed by atoms with Crippen LogP contribution in [0.15, 0.2) is 48.5 Å². The van der Waals surface area contributed by atoms with Crippen LogP contribution >= 0.6 is 11.6 Å². The summed E-state index contributed by atoms with van der Waals surface area (Å²) in [6, 6.07) is 15.2. The van der Waals surface area contributed by atoms with Crippen LogP contribution in [0, 0.1) is 0 Å². The van der Waals surface area contributed by atoms with Gasteiger partial charge in [0.05, 0.1) is 11.6 Å². The molecule has 0 unspecified atom stereocenters. The topological polar surface area (TPSA) is 41.6 Å². The number of hydrogen-bond acceptors (Lipinski definition) is 2. The monoisotopic (exact) mass is 318 g/mol. The Labute approximate surface area is 135 Å². The molecule has 2 rings (SSSR count). The van der Waals surface area contributed by atoms with Gasteiger partial charge in [-0.05, 0) is 23.8 Å². The van der Waals surface area contributed by atoms with Crippen molar-refractivity contribution in [2.24, 2.45) is 0 Å². The van der Waals surface area contributed by atoms with Gasteiger partial charge in [0.25, 0.3) is 0 Å². The van der Waals surface area contributed by atoms with Gasteiger partial charge in [0.2, 0.25) is 0 Å².